The smallest absolute Gasteiger partial charge is 0.289 e. The lowest BCUT2D eigenvalue weighted by Crippen LogP contribution is -2.34. The van der Waals surface area contributed by atoms with Gasteiger partial charge in [0.15, 0.2) is 9.84 Å². The van der Waals surface area contributed by atoms with E-state index < -0.39 is 14.8 Å². The zero-order valence-electron chi connectivity index (χ0n) is 10.0. The van der Waals surface area contributed by atoms with Gasteiger partial charge in [0.1, 0.15) is 5.02 Å². The summed E-state index contributed by atoms with van der Waals surface area (Å²) in [7, 11) is -3.01. The van der Waals surface area contributed by atoms with E-state index in [9.17, 15) is 18.5 Å². The van der Waals surface area contributed by atoms with Gasteiger partial charge in [0, 0.05) is 17.8 Å². The Morgan fingerprint density at radius 3 is 2.79 bits per heavy atom. The van der Waals surface area contributed by atoms with E-state index in [1.165, 1.54) is 12.1 Å². The molecule has 104 valence electrons. The number of nitro groups is 1. The second-order valence-corrected chi connectivity index (χ2v) is 7.16. The zero-order chi connectivity index (χ0) is 14.0. The van der Waals surface area contributed by atoms with Gasteiger partial charge in [-0.15, -0.1) is 0 Å². The minimum absolute atomic E-state index is 0.0590. The van der Waals surface area contributed by atoms with Crippen LogP contribution in [0.2, 0.25) is 5.02 Å². The first-order chi connectivity index (χ1) is 8.87. The molecule has 0 aromatic heterocycles. The van der Waals surface area contributed by atoms with E-state index in [2.05, 4.69) is 5.32 Å². The average molecular weight is 305 g/mol. The van der Waals surface area contributed by atoms with Gasteiger partial charge in [-0.1, -0.05) is 11.6 Å². The van der Waals surface area contributed by atoms with Crippen LogP contribution >= 0.6 is 11.6 Å². The molecule has 1 heterocycles. The molecule has 0 spiro atoms. The summed E-state index contributed by atoms with van der Waals surface area (Å²) in [5.74, 6) is 0.273. The molecule has 2 rings (SSSR count). The van der Waals surface area contributed by atoms with Crippen molar-refractivity contribution in [3.05, 3.63) is 33.3 Å². The summed E-state index contributed by atoms with van der Waals surface area (Å²) in [5.41, 5.74) is 0.323. The number of sulfone groups is 1. The van der Waals surface area contributed by atoms with Gasteiger partial charge in [0.05, 0.1) is 16.4 Å². The second kappa shape index (κ2) is 5.34. The molecule has 1 saturated heterocycles. The van der Waals surface area contributed by atoms with E-state index in [1.807, 2.05) is 0 Å². The lowest BCUT2D eigenvalue weighted by Gasteiger charge is -2.23. The monoisotopic (exact) mass is 304 g/mol. The Kier molecular flexibility index (Phi) is 3.96. The number of halogens is 1. The van der Waals surface area contributed by atoms with Crippen molar-refractivity contribution < 1.29 is 13.3 Å². The van der Waals surface area contributed by atoms with Gasteiger partial charge < -0.3 is 5.32 Å². The molecular weight excluding hydrogens is 292 g/mol. The topological polar surface area (TPSA) is 89.3 Å². The summed E-state index contributed by atoms with van der Waals surface area (Å²) in [6.45, 7) is 0. The number of benzene rings is 1. The molecule has 1 aromatic carbocycles. The predicted molar refractivity (Wildman–Crippen MR) is 73.4 cm³/mol. The molecule has 0 aliphatic carbocycles. The number of rotatable bonds is 3. The van der Waals surface area contributed by atoms with Gasteiger partial charge >= 0.3 is 0 Å². The largest absolute Gasteiger partial charge is 0.381 e. The van der Waals surface area contributed by atoms with E-state index in [0.29, 0.717) is 12.1 Å². The average Bonchev–Trinajstić information content (AvgIpc) is 2.30. The molecule has 0 radical (unpaired) electrons. The quantitative estimate of drug-likeness (QED) is 0.683. The number of anilines is 1. The molecule has 19 heavy (non-hydrogen) atoms. The van der Waals surface area contributed by atoms with Gasteiger partial charge in [-0.3, -0.25) is 10.1 Å². The number of hydrogen-bond donors (Lipinski definition) is 1. The van der Waals surface area contributed by atoms with Crippen LogP contribution in [0.3, 0.4) is 0 Å². The second-order valence-electron chi connectivity index (χ2n) is 4.52. The zero-order valence-corrected chi connectivity index (χ0v) is 11.6. The van der Waals surface area contributed by atoms with E-state index in [1.54, 1.807) is 6.07 Å². The summed E-state index contributed by atoms with van der Waals surface area (Å²) in [5, 5.41) is 13.8. The third-order valence-corrected chi connectivity index (χ3v) is 5.12. The van der Waals surface area contributed by atoms with Crippen LogP contribution in [-0.4, -0.2) is 30.9 Å². The van der Waals surface area contributed by atoms with Crippen molar-refractivity contribution in [1.82, 2.24) is 0 Å². The fourth-order valence-corrected chi connectivity index (χ4v) is 3.94. The Morgan fingerprint density at radius 1 is 1.42 bits per heavy atom. The van der Waals surface area contributed by atoms with Crippen molar-refractivity contribution in [1.29, 1.82) is 0 Å². The molecule has 0 amide bonds. The van der Waals surface area contributed by atoms with Gasteiger partial charge in [-0.25, -0.2) is 8.42 Å². The summed E-state index contributed by atoms with van der Waals surface area (Å²) in [6, 6.07) is 4.15. The Bertz CT molecular complexity index is 603. The fourth-order valence-electron chi connectivity index (χ4n) is 2.11. The molecular formula is C11H13ClN2O4S. The molecule has 1 unspecified atom stereocenters. The molecule has 1 N–H and O–H groups in total. The lowest BCUT2D eigenvalue weighted by molar-refractivity contribution is -0.384. The fraction of sp³-hybridized carbons (Fsp3) is 0.455. The van der Waals surface area contributed by atoms with Crippen LogP contribution in [0.4, 0.5) is 11.4 Å². The van der Waals surface area contributed by atoms with Crippen LogP contribution in [0.15, 0.2) is 18.2 Å². The molecule has 0 saturated carbocycles. The third kappa shape index (κ3) is 3.57. The highest BCUT2D eigenvalue weighted by Crippen LogP contribution is 2.28. The molecule has 6 nitrogen and oxygen atoms in total. The Balaban J connectivity index is 2.15. The number of nitro benzene ring substituents is 1. The van der Waals surface area contributed by atoms with Crippen LogP contribution in [0.1, 0.15) is 12.8 Å². The van der Waals surface area contributed by atoms with Crippen LogP contribution in [0, 0.1) is 10.1 Å². The van der Waals surface area contributed by atoms with Crippen LogP contribution in [0.5, 0.6) is 0 Å². The van der Waals surface area contributed by atoms with Gasteiger partial charge in [-0.2, -0.15) is 0 Å². The summed E-state index contributed by atoms with van der Waals surface area (Å²) < 4.78 is 23.0. The van der Waals surface area contributed by atoms with Crippen molar-refractivity contribution in [2.45, 2.75) is 18.9 Å². The lowest BCUT2D eigenvalue weighted by atomic mass is 10.1. The van der Waals surface area contributed by atoms with Crippen LogP contribution in [-0.2, 0) is 9.84 Å². The highest BCUT2D eigenvalue weighted by Gasteiger charge is 2.25. The van der Waals surface area contributed by atoms with Crippen molar-refractivity contribution >= 4 is 32.8 Å². The van der Waals surface area contributed by atoms with Crippen LogP contribution < -0.4 is 5.32 Å². The number of nitrogens with zero attached hydrogens (tertiary/aromatic N) is 1. The molecule has 1 aliphatic rings. The molecule has 1 atom stereocenters. The Morgan fingerprint density at radius 2 is 2.16 bits per heavy atom. The summed E-state index contributed by atoms with van der Waals surface area (Å²) in [6.07, 6.45) is 1.34. The van der Waals surface area contributed by atoms with Crippen LogP contribution in [0.25, 0.3) is 0 Å². The van der Waals surface area contributed by atoms with Crippen molar-refractivity contribution in [2.24, 2.45) is 0 Å². The first-order valence-corrected chi connectivity index (χ1v) is 7.98. The SMILES string of the molecule is O=[N+]([O-])c1cc(NC2CCCS(=O)(=O)C2)ccc1Cl. The maximum Gasteiger partial charge on any atom is 0.289 e. The predicted octanol–water partition coefficient (Wildman–Crippen LogP) is 2.24. The summed E-state index contributed by atoms with van der Waals surface area (Å²) >= 11 is 5.71. The molecule has 1 fully saturated rings. The number of hydrogen-bond acceptors (Lipinski definition) is 5. The molecule has 8 heteroatoms. The van der Waals surface area contributed by atoms with E-state index >= 15 is 0 Å². The first-order valence-electron chi connectivity index (χ1n) is 5.78. The third-order valence-electron chi connectivity index (χ3n) is 2.98. The molecule has 1 aromatic rings. The van der Waals surface area contributed by atoms with Crippen molar-refractivity contribution in [3.8, 4) is 0 Å². The maximum atomic E-state index is 11.5. The Hall–Kier alpha value is -1.34. The van der Waals surface area contributed by atoms with E-state index in [-0.39, 0.29) is 28.3 Å². The van der Waals surface area contributed by atoms with E-state index in [0.717, 1.165) is 6.42 Å². The minimum atomic E-state index is -3.01. The molecule has 0 bridgehead atoms. The highest BCUT2D eigenvalue weighted by atomic mass is 35.5. The van der Waals surface area contributed by atoms with Gasteiger partial charge in [0.2, 0.25) is 0 Å². The standard InChI is InChI=1S/C11H13ClN2O4S/c12-10-4-3-8(6-11(10)14(15)16)13-9-2-1-5-19(17,18)7-9/h3-4,6,9,13H,1-2,5,7H2. The highest BCUT2D eigenvalue weighted by molar-refractivity contribution is 7.91. The first kappa shape index (κ1) is 14.1. The Labute approximate surface area is 115 Å². The normalized spacial score (nSPS) is 21.8. The number of nitrogens with one attached hydrogen (secondary N) is 1. The van der Waals surface area contributed by atoms with Gasteiger partial charge in [-0.05, 0) is 25.0 Å². The minimum Gasteiger partial charge on any atom is -0.381 e. The summed E-state index contributed by atoms with van der Waals surface area (Å²) in [4.78, 5) is 10.2. The van der Waals surface area contributed by atoms with E-state index in [4.69, 9.17) is 11.6 Å². The maximum absolute atomic E-state index is 11.5. The van der Waals surface area contributed by atoms with Crippen molar-refractivity contribution in [3.63, 3.8) is 0 Å². The van der Waals surface area contributed by atoms with Crippen molar-refractivity contribution in [2.75, 3.05) is 16.8 Å². The van der Waals surface area contributed by atoms with Gasteiger partial charge in [0.25, 0.3) is 5.69 Å². The molecule has 1 aliphatic heterocycles.